The lowest BCUT2D eigenvalue weighted by Crippen LogP contribution is -2.24. The van der Waals surface area contributed by atoms with Crippen LogP contribution in [0.1, 0.15) is 15.9 Å². The molecule has 0 fully saturated rings. The number of benzene rings is 1. The maximum Gasteiger partial charge on any atom is 0.271 e. The molecule has 0 spiro atoms. The van der Waals surface area contributed by atoms with Crippen LogP contribution in [0.25, 0.3) is 5.76 Å². The van der Waals surface area contributed by atoms with E-state index < -0.39 is 51.5 Å². The van der Waals surface area contributed by atoms with Crippen LogP contribution in [0, 0.1) is 0 Å². The molecule has 0 radical (unpaired) electrons. The second-order valence-electron chi connectivity index (χ2n) is 3.37. The zero-order valence-corrected chi connectivity index (χ0v) is 8.13. The third-order valence-corrected chi connectivity index (χ3v) is 2.37. The summed E-state index contributed by atoms with van der Waals surface area (Å²) in [5, 5.41) is 46.6. The molecule has 7 heteroatoms. The minimum Gasteiger partial charge on any atom is -0.507 e. The van der Waals surface area contributed by atoms with Crippen molar-refractivity contribution in [2.75, 3.05) is 0 Å². The molecular weight excluding hydrogens is 232 g/mol. The number of rotatable bonds is 0. The number of allylic oxidation sites excluding steroid dienone is 1. The van der Waals surface area contributed by atoms with Crippen LogP contribution < -0.4 is 0 Å². The number of aliphatic hydroxyl groups excluding tert-OH is 2. The van der Waals surface area contributed by atoms with Gasteiger partial charge in [-0.05, 0) is 0 Å². The number of aromatic hydroxyl groups is 3. The molecule has 2 rings (SSSR count). The van der Waals surface area contributed by atoms with Crippen LogP contribution >= 0.6 is 0 Å². The highest BCUT2D eigenvalue weighted by Crippen LogP contribution is 2.43. The van der Waals surface area contributed by atoms with Gasteiger partial charge in [0.05, 0.1) is 11.1 Å². The summed E-state index contributed by atoms with van der Waals surface area (Å²) in [6, 6.07) is 0.667. The highest BCUT2D eigenvalue weighted by molar-refractivity contribution is 6.52. The van der Waals surface area contributed by atoms with Crippen molar-refractivity contribution in [3.8, 4) is 17.2 Å². The molecular formula is C10H6O7. The SMILES string of the molecule is O=C1C(=O)c2c(O)c(O)cc(O)c2C(O)=C1O. The molecule has 0 saturated heterocycles. The maximum absolute atomic E-state index is 11.5. The minimum absolute atomic E-state index is 0.595. The van der Waals surface area contributed by atoms with E-state index in [1.165, 1.54) is 0 Å². The molecule has 0 heterocycles. The van der Waals surface area contributed by atoms with E-state index in [0.29, 0.717) is 6.07 Å². The van der Waals surface area contributed by atoms with Crippen LogP contribution in [0.2, 0.25) is 0 Å². The highest BCUT2D eigenvalue weighted by atomic mass is 16.3. The summed E-state index contributed by atoms with van der Waals surface area (Å²) in [5.74, 6) is -7.54. The minimum atomic E-state index is -1.43. The van der Waals surface area contributed by atoms with E-state index in [0.717, 1.165) is 0 Å². The fraction of sp³-hybridized carbons (Fsp3) is 0. The number of phenols is 3. The Kier molecular flexibility index (Phi) is 2.00. The van der Waals surface area contributed by atoms with Gasteiger partial charge in [0.1, 0.15) is 5.75 Å². The first-order valence-corrected chi connectivity index (χ1v) is 4.35. The van der Waals surface area contributed by atoms with Crippen molar-refractivity contribution in [1.29, 1.82) is 0 Å². The molecule has 17 heavy (non-hydrogen) atoms. The lowest BCUT2D eigenvalue weighted by Gasteiger charge is -2.17. The molecule has 7 nitrogen and oxygen atoms in total. The van der Waals surface area contributed by atoms with Crippen LogP contribution in [0.15, 0.2) is 11.8 Å². The molecule has 0 amide bonds. The van der Waals surface area contributed by atoms with Crippen LogP contribution in [0.4, 0.5) is 0 Å². The van der Waals surface area contributed by atoms with E-state index in [1.54, 1.807) is 0 Å². The van der Waals surface area contributed by atoms with E-state index >= 15 is 0 Å². The summed E-state index contributed by atoms with van der Waals surface area (Å²) in [6.45, 7) is 0. The van der Waals surface area contributed by atoms with E-state index in [4.69, 9.17) is 5.11 Å². The normalized spacial score (nSPS) is 15.1. The van der Waals surface area contributed by atoms with Gasteiger partial charge in [-0.25, -0.2) is 0 Å². The molecule has 0 saturated carbocycles. The van der Waals surface area contributed by atoms with E-state index in [2.05, 4.69) is 0 Å². The third kappa shape index (κ3) is 1.22. The molecule has 1 aliphatic carbocycles. The number of hydrogen-bond acceptors (Lipinski definition) is 7. The van der Waals surface area contributed by atoms with E-state index in [9.17, 15) is 30.0 Å². The number of phenolic OH excluding ortho intramolecular Hbond substituents is 3. The molecule has 0 atom stereocenters. The van der Waals surface area contributed by atoms with Crippen LogP contribution in [0.3, 0.4) is 0 Å². The topological polar surface area (TPSA) is 135 Å². The Morgan fingerprint density at radius 3 is 1.88 bits per heavy atom. The molecule has 5 N–H and O–H groups in total. The average molecular weight is 238 g/mol. The second-order valence-corrected chi connectivity index (χ2v) is 3.37. The smallest absolute Gasteiger partial charge is 0.271 e. The fourth-order valence-electron chi connectivity index (χ4n) is 1.55. The van der Waals surface area contributed by atoms with Crippen molar-refractivity contribution >= 4 is 17.3 Å². The molecule has 0 aromatic heterocycles. The summed E-state index contributed by atoms with van der Waals surface area (Å²) in [4.78, 5) is 22.6. The first-order chi connectivity index (χ1) is 7.86. The number of hydrogen-bond donors (Lipinski definition) is 5. The van der Waals surface area contributed by atoms with Gasteiger partial charge in [-0.15, -0.1) is 0 Å². The van der Waals surface area contributed by atoms with Crippen molar-refractivity contribution in [1.82, 2.24) is 0 Å². The van der Waals surface area contributed by atoms with Crippen LogP contribution in [0.5, 0.6) is 17.2 Å². The third-order valence-electron chi connectivity index (χ3n) is 2.37. The van der Waals surface area contributed by atoms with Crippen molar-refractivity contribution in [2.45, 2.75) is 0 Å². The lowest BCUT2D eigenvalue weighted by molar-refractivity contribution is -0.114. The Hall–Kier alpha value is -2.70. The Bertz CT molecular complexity index is 597. The van der Waals surface area contributed by atoms with Crippen LogP contribution in [-0.4, -0.2) is 37.1 Å². The molecule has 88 valence electrons. The fourth-order valence-corrected chi connectivity index (χ4v) is 1.55. The van der Waals surface area contributed by atoms with Gasteiger partial charge in [-0.3, -0.25) is 9.59 Å². The van der Waals surface area contributed by atoms with Gasteiger partial charge in [-0.1, -0.05) is 0 Å². The summed E-state index contributed by atoms with van der Waals surface area (Å²) < 4.78 is 0. The number of ketones is 2. The van der Waals surface area contributed by atoms with E-state index in [-0.39, 0.29) is 0 Å². The monoisotopic (exact) mass is 238 g/mol. The van der Waals surface area contributed by atoms with Gasteiger partial charge < -0.3 is 25.5 Å². The van der Waals surface area contributed by atoms with Crippen molar-refractivity contribution in [2.24, 2.45) is 0 Å². The largest absolute Gasteiger partial charge is 0.507 e. The number of aliphatic hydroxyl groups is 2. The molecule has 1 aliphatic rings. The number of carbonyl (C=O) groups is 2. The van der Waals surface area contributed by atoms with E-state index in [1.807, 2.05) is 0 Å². The maximum atomic E-state index is 11.5. The quantitative estimate of drug-likeness (QED) is 0.250. The van der Waals surface area contributed by atoms with Crippen molar-refractivity contribution in [3.05, 3.63) is 23.0 Å². The first kappa shape index (κ1) is 10.8. The summed E-state index contributed by atoms with van der Waals surface area (Å²) in [6.07, 6.45) is 0. The molecule has 1 aromatic carbocycles. The first-order valence-electron chi connectivity index (χ1n) is 4.35. The van der Waals surface area contributed by atoms with Gasteiger partial charge in [0, 0.05) is 6.07 Å². The number of carbonyl (C=O) groups excluding carboxylic acids is 2. The lowest BCUT2D eigenvalue weighted by atomic mass is 9.90. The second kappa shape index (κ2) is 3.14. The summed E-state index contributed by atoms with van der Waals surface area (Å²) in [5.41, 5.74) is -1.34. The van der Waals surface area contributed by atoms with Gasteiger partial charge in [0.2, 0.25) is 11.5 Å². The van der Waals surface area contributed by atoms with Crippen molar-refractivity contribution in [3.63, 3.8) is 0 Å². The number of Topliss-reactive ketones (excluding diaryl/α,β-unsaturated/α-hetero) is 2. The Balaban J connectivity index is 2.95. The molecule has 0 unspecified atom stereocenters. The predicted molar refractivity (Wildman–Crippen MR) is 53.0 cm³/mol. The van der Waals surface area contributed by atoms with Crippen LogP contribution in [-0.2, 0) is 4.79 Å². The zero-order valence-electron chi connectivity index (χ0n) is 8.13. The summed E-state index contributed by atoms with van der Waals surface area (Å²) in [7, 11) is 0. The van der Waals surface area contributed by atoms with Gasteiger partial charge >= 0.3 is 0 Å². The highest BCUT2D eigenvalue weighted by Gasteiger charge is 2.38. The Morgan fingerprint density at radius 1 is 0.706 bits per heavy atom. The van der Waals surface area contributed by atoms with Crippen molar-refractivity contribution < 1.29 is 35.1 Å². The molecule has 0 aliphatic heterocycles. The molecule has 1 aromatic rings. The standard InChI is InChI=1S/C10H6O7/c11-2-1-3(12)6(13)5-4(2)7(14)9(16)10(17)8(5)15/h1,11-14,16H. The summed E-state index contributed by atoms with van der Waals surface area (Å²) >= 11 is 0. The predicted octanol–water partition coefficient (Wildman–Crippen LogP) is 0.353. The average Bonchev–Trinajstić information content (AvgIpc) is 2.28. The number of fused-ring (bicyclic) bond motifs is 1. The van der Waals surface area contributed by atoms with Gasteiger partial charge in [-0.2, -0.15) is 0 Å². The van der Waals surface area contributed by atoms with Gasteiger partial charge in [0.15, 0.2) is 17.3 Å². The zero-order chi connectivity index (χ0) is 12.9. The Labute approximate surface area is 93.5 Å². The Morgan fingerprint density at radius 2 is 1.29 bits per heavy atom. The molecule has 0 bridgehead atoms. The van der Waals surface area contributed by atoms with Gasteiger partial charge in [0.25, 0.3) is 5.78 Å².